The Hall–Kier alpha value is -4.11. The summed E-state index contributed by atoms with van der Waals surface area (Å²) in [7, 11) is 5.03. The molecular formula is C30H35N5O4. The summed E-state index contributed by atoms with van der Waals surface area (Å²) in [5, 5.41) is 14.9. The van der Waals surface area contributed by atoms with Crippen molar-refractivity contribution >= 4 is 22.5 Å². The highest BCUT2D eigenvalue weighted by Crippen LogP contribution is 2.39. The van der Waals surface area contributed by atoms with Gasteiger partial charge < -0.3 is 29.5 Å². The SMILES string of the molecule is COC[C@H]1CCN(c2cc3c(NCc4ccc(OC)cc4OC)ncnc3c(-c3c(C)ccc(O)c3C)n2)C1. The molecule has 9 nitrogen and oxygen atoms in total. The number of aromatic nitrogens is 3. The first-order chi connectivity index (χ1) is 18.9. The second-order valence-electron chi connectivity index (χ2n) is 9.94. The van der Waals surface area contributed by atoms with Crippen molar-refractivity contribution in [3.63, 3.8) is 0 Å². The van der Waals surface area contributed by atoms with Gasteiger partial charge in [0.2, 0.25) is 0 Å². The van der Waals surface area contributed by atoms with E-state index in [0.29, 0.717) is 18.3 Å². The normalized spacial score (nSPS) is 15.1. The van der Waals surface area contributed by atoms with E-state index in [-0.39, 0.29) is 5.75 Å². The Morgan fingerprint density at radius 2 is 1.90 bits per heavy atom. The lowest BCUT2D eigenvalue weighted by molar-refractivity contribution is 0.161. The van der Waals surface area contributed by atoms with Crippen LogP contribution < -0.4 is 19.7 Å². The van der Waals surface area contributed by atoms with E-state index >= 15 is 0 Å². The molecule has 1 aliphatic heterocycles. The van der Waals surface area contributed by atoms with Gasteiger partial charge in [-0.1, -0.05) is 6.07 Å². The molecule has 0 spiro atoms. The molecule has 0 unspecified atom stereocenters. The minimum atomic E-state index is 0.233. The number of aryl methyl sites for hydroxylation is 1. The maximum absolute atomic E-state index is 10.6. The van der Waals surface area contributed by atoms with Crippen LogP contribution in [0.2, 0.25) is 0 Å². The van der Waals surface area contributed by atoms with Gasteiger partial charge in [-0.3, -0.25) is 0 Å². The van der Waals surface area contributed by atoms with Gasteiger partial charge in [0, 0.05) is 60.8 Å². The number of anilines is 2. The third-order valence-corrected chi connectivity index (χ3v) is 7.44. The lowest BCUT2D eigenvalue weighted by atomic mass is 9.97. The highest BCUT2D eigenvalue weighted by Gasteiger charge is 2.26. The van der Waals surface area contributed by atoms with Gasteiger partial charge in [0.05, 0.1) is 26.5 Å². The number of fused-ring (bicyclic) bond motifs is 1. The summed E-state index contributed by atoms with van der Waals surface area (Å²) in [5.41, 5.74) is 5.11. The lowest BCUT2D eigenvalue weighted by Gasteiger charge is -2.21. The van der Waals surface area contributed by atoms with Gasteiger partial charge in [0.1, 0.15) is 40.7 Å². The van der Waals surface area contributed by atoms with Crippen LogP contribution in [-0.2, 0) is 11.3 Å². The second-order valence-corrected chi connectivity index (χ2v) is 9.94. The van der Waals surface area contributed by atoms with Crippen molar-refractivity contribution in [1.82, 2.24) is 15.0 Å². The Morgan fingerprint density at radius 3 is 2.67 bits per heavy atom. The van der Waals surface area contributed by atoms with Crippen LogP contribution >= 0.6 is 0 Å². The van der Waals surface area contributed by atoms with Crippen LogP contribution in [0.4, 0.5) is 11.6 Å². The molecule has 0 amide bonds. The zero-order valence-corrected chi connectivity index (χ0v) is 23.1. The highest BCUT2D eigenvalue weighted by molar-refractivity contribution is 6.00. The number of hydrogen-bond acceptors (Lipinski definition) is 9. The number of nitrogens with one attached hydrogen (secondary N) is 1. The molecule has 5 rings (SSSR count). The summed E-state index contributed by atoms with van der Waals surface area (Å²) in [6.45, 7) is 6.92. The number of hydrogen-bond donors (Lipinski definition) is 2. The number of benzene rings is 2. The Labute approximate surface area is 228 Å². The quantitative estimate of drug-likeness (QED) is 0.306. The van der Waals surface area contributed by atoms with Gasteiger partial charge in [-0.2, -0.15) is 0 Å². The van der Waals surface area contributed by atoms with Gasteiger partial charge >= 0.3 is 0 Å². The molecule has 9 heteroatoms. The van der Waals surface area contributed by atoms with E-state index in [4.69, 9.17) is 19.2 Å². The summed E-state index contributed by atoms with van der Waals surface area (Å²) < 4.78 is 16.4. The molecule has 1 atom stereocenters. The third-order valence-electron chi connectivity index (χ3n) is 7.44. The minimum Gasteiger partial charge on any atom is -0.508 e. The van der Waals surface area contributed by atoms with E-state index in [0.717, 1.165) is 82.3 Å². The van der Waals surface area contributed by atoms with Crippen molar-refractivity contribution in [2.45, 2.75) is 26.8 Å². The summed E-state index contributed by atoms with van der Waals surface area (Å²) in [6, 6.07) is 11.5. The molecule has 3 heterocycles. The van der Waals surface area contributed by atoms with E-state index in [2.05, 4.69) is 26.3 Å². The predicted molar refractivity (Wildman–Crippen MR) is 153 cm³/mol. The van der Waals surface area contributed by atoms with Crippen molar-refractivity contribution in [1.29, 1.82) is 0 Å². The van der Waals surface area contributed by atoms with Crippen molar-refractivity contribution < 1.29 is 19.3 Å². The van der Waals surface area contributed by atoms with Crippen LogP contribution in [0.5, 0.6) is 17.2 Å². The molecule has 1 fully saturated rings. The second kappa shape index (κ2) is 11.3. The summed E-state index contributed by atoms with van der Waals surface area (Å²) >= 11 is 0. The lowest BCUT2D eigenvalue weighted by Crippen LogP contribution is -2.22. The van der Waals surface area contributed by atoms with Crippen LogP contribution in [0.3, 0.4) is 0 Å². The largest absolute Gasteiger partial charge is 0.508 e. The van der Waals surface area contributed by atoms with E-state index in [1.54, 1.807) is 33.7 Å². The fourth-order valence-corrected chi connectivity index (χ4v) is 5.32. The van der Waals surface area contributed by atoms with Crippen molar-refractivity contribution in [2.24, 2.45) is 5.92 Å². The summed E-state index contributed by atoms with van der Waals surface area (Å²) in [5.74, 6) is 3.71. The molecule has 2 N–H and O–H groups in total. The van der Waals surface area contributed by atoms with Crippen molar-refractivity contribution in [3.05, 3.63) is 59.4 Å². The topological polar surface area (TPSA) is 102 Å². The van der Waals surface area contributed by atoms with Gasteiger partial charge in [0.15, 0.2) is 0 Å². The Bertz CT molecular complexity index is 1490. The van der Waals surface area contributed by atoms with Crippen LogP contribution in [0.25, 0.3) is 22.2 Å². The van der Waals surface area contributed by atoms with Crippen molar-refractivity contribution in [3.8, 4) is 28.5 Å². The molecule has 0 bridgehead atoms. The molecule has 1 aliphatic rings. The van der Waals surface area contributed by atoms with Crippen LogP contribution in [0.1, 0.15) is 23.1 Å². The molecule has 0 saturated carbocycles. The average Bonchev–Trinajstić information content (AvgIpc) is 3.42. The maximum Gasteiger partial charge on any atom is 0.137 e. The fourth-order valence-electron chi connectivity index (χ4n) is 5.32. The number of pyridine rings is 1. The number of phenols is 1. The first-order valence-electron chi connectivity index (χ1n) is 13.1. The Kier molecular flexibility index (Phi) is 7.70. The summed E-state index contributed by atoms with van der Waals surface area (Å²) in [4.78, 5) is 16.7. The number of aromatic hydroxyl groups is 1. The Morgan fingerprint density at radius 1 is 1.05 bits per heavy atom. The molecule has 2 aromatic heterocycles. The average molecular weight is 530 g/mol. The zero-order valence-electron chi connectivity index (χ0n) is 23.1. The summed E-state index contributed by atoms with van der Waals surface area (Å²) in [6.07, 6.45) is 2.60. The molecular weight excluding hydrogens is 494 g/mol. The smallest absolute Gasteiger partial charge is 0.137 e. The number of methoxy groups -OCH3 is 3. The van der Waals surface area contributed by atoms with Gasteiger partial charge in [-0.25, -0.2) is 15.0 Å². The van der Waals surface area contributed by atoms with Crippen LogP contribution in [-0.4, -0.2) is 61.1 Å². The maximum atomic E-state index is 10.6. The highest BCUT2D eigenvalue weighted by atomic mass is 16.5. The van der Waals surface area contributed by atoms with E-state index in [1.807, 2.05) is 38.1 Å². The molecule has 39 heavy (non-hydrogen) atoms. The minimum absolute atomic E-state index is 0.233. The first kappa shape index (κ1) is 26.5. The van der Waals surface area contributed by atoms with E-state index in [1.165, 1.54) is 0 Å². The van der Waals surface area contributed by atoms with Gasteiger partial charge in [-0.15, -0.1) is 0 Å². The predicted octanol–water partition coefficient (Wildman–Crippen LogP) is 5.12. The zero-order chi connectivity index (χ0) is 27.5. The molecule has 2 aromatic carbocycles. The standard InChI is InChI=1S/C30H35N5O4/c1-18-6-9-24(36)19(2)27(18)29-28-23(13-26(34-29)35-11-10-20(15-35)16-37-3)30(33-17-32-28)31-14-21-7-8-22(38-4)12-25(21)39-5/h6-9,12-13,17,20,36H,10-11,14-16H2,1-5H3,(H,31,32,33)/t20-/m0/s1. The van der Waals surface area contributed by atoms with Crippen molar-refractivity contribution in [2.75, 3.05) is 51.2 Å². The van der Waals surface area contributed by atoms with Gasteiger partial charge in [-0.05, 0) is 50.1 Å². The van der Waals surface area contributed by atoms with Gasteiger partial charge in [0.25, 0.3) is 0 Å². The Balaban J connectivity index is 1.61. The number of ether oxygens (including phenoxy) is 3. The van der Waals surface area contributed by atoms with Crippen LogP contribution in [0, 0.1) is 19.8 Å². The van der Waals surface area contributed by atoms with E-state index in [9.17, 15) is 5.11 Å². The van der Waals surface area contributed by atoms with E-state index < -0.39 is 0 Å². The molecule has 4 aromatic rings. The third kappa shape index (κ3) is 5.27. The molecule has 1 saturated heterocycles. The molecule has 204 valence electrons. The fraction of sp³-hybridized carbons (Fsp3) is 0.367. The number of nitrogens with zero attached hydrogens (tertiary/aromatic N) is 4. The first-order valence-corrected chi connectivity index (χ1v) is 13.1. The van der Waals surface area contributed by atoms with Crippen LogP contribution in [0.15, 0.2) is 42.7 Å². The monoisotopic (exact) mass is 529 g/mol. The number of phenolic OH excluding ortho intramolecular Hbond substituents is 1. The molecule has 0 aliphatic carbocycles. The number of rotatable bonds is 9. The molecule has 0 radical (unpaired) electrons.